The van der Waals surface area contributed by atoms with Crippen molar-refractivity contribution in [2.75, 3.05) is 5.73 Å². The Morgan fingerprint density at radius 2 is 1.95 bits per heavy atom. The van der Waals surface area contributed by atoms with Gasteiger partial charge >= 0.3 is 0 Å². The number of nitrogen functional groups attached to an aromatic ring is 1. The minimum absolute atomic E-state index is 0.00165. The highest BCUT2D eigenvalue weighted by Crippen LogP contribution is 2.26. The summed E-state index contributed by atoms with van der Waals surface area (Å²) in [5.74, 6) is -0.874. The number of sulfonamides is 1. The molecular weight excluding hydrogens is 349 g/mol. The molecule has 1 aromatic carbocycles. The number of rotatable bonds is 4. The Labute approximate surface area is 124 Å². The van der Waals surface area contributed by atoms with Gasteiger partial charge in [0, 0.05) is 24.6 Å². The molecule has 20 heavy (non-hydrogen) atoms. The van der Waals surface area contributed by atoms with E-state index >= 15 is 0 Å². The number of pyridine rings is 1. The molecule has 0 radical (unpaired) electrons. The third-order valence-electron chi connectivity index (χ3n) is 2.52. The number of aromatic nitrogens is 1. The van der Waals surface area contributed by atoms with Gasteiger partial charge in [0.1, 0.15) is 4.90 Å². The summed E-state index contributed by atoms with van der Waals surface area (Å²) in [6, 6.07) is 5.70. The molecule has 1 aromatic heterocycles. The molecule has 0 aliphatic carbocycles. The van der Waals surface area contributed by atoms with E-state index in [0.29, 0.717) is 5.56 Å². The van der Waals surface area contributed by atoms with Crippen molar-refractivity contribution in [3.63, 3.8) is 0 Å². The molecular formula is C12H11BrFN3O2S. The van der Waals surface area contributed by atoms with Crippen LogP contribution in [0.2, 0.25) is 0 Å². The summed E-state index contributed by atoms with van der Waals surface area (Å²) in [7, 11) is -3.99. The lowest BCUT2D eigenvalue weighted by molar-refractivity contribution is 0.554. The number of nitrogens with zero attached hydrogens (tertiary/aromatic N) is 1. The summed E-state index contributed by atoms with van der Waals surface area (Å²) in [6.07, 6.45) is 3.09. The van der Waals surface area contributed by atoms with Crippen molar-refractivity contribution in [3.8, 4) is 0 Å². The fourth-order valence-electron chi connectivity index (χ4n) is 1.54. The van der Waals surface area contributed by atoms with Crippen LogP contribution in [0, 0.1) is 5.82 Å². The van der Waals surface area contributed by atoms with Gasteiger partial charge in [0.15, 0.2) is 5.82 Å². The molecule has 106 valence electrons. The van der Waals surface area contributed by atoms with Crippen molar-refractivity contribution in [1.29, 1.82) is 0 Å². The topological polar surface area (TPSA) is 85.1 Å². The first-order valence-electron chi connectivity index (χ1n) is 5.53. The van der Waals surface area contributed by atoms with Crippen LogP contribution in [0.15, 0.2) is 46.0 Å². The van der Waals surface area contributed by atoms with Crippen molar-refractivity contribution in [2.24, 2.45) is 0 Å². The molecule has 0 saturated heterocycles. The van der Waals surface area contributed by atoms with Gasteiger partial charge in [0.25, 0.3) is 0 Å². The monoisotopic (exact) mass is 359 g/mol. The van der Waals surface area contributed by atoms with Gasteiger partial charge < -0.3 is 5.73 Å². The molecule has 0 amide bonds. The zero-order valence-electron chi connectivity index (χ0n) is 10.2. The standard InChI is InChI=1S/C12H11BrFN3O2S/c13-10-5-9(15)6-11(12(10)14)20(18,19)17-7-8-1-3-16-4-2-8/h1-6,17H,7,15H2. The number of nitrogens with one attached hydrogen (secondary N) is 1. The largest absolute Gasteiger partial charge is 0.399 e. The Kier molecular flexibility index (Phi) is 4.36. The van der Waals surface area contributed by atoms with Gasteiger partial charge in [0.05, 0.1) is 4.47 Å². The van der Waals surface area contributed by atoms with E-state index in [1.165, 1.54) is 6.07 Å². The second-order valence-corrected chi connectivity index (χ2v) is 6.58. The number of anilines is 1. The van der Waals surface area contributed by atoms with E-state index in [1.54, 1.807) is 24.5 Å². The van der Waals surface area contributed by atoms with Gasteiger partial charge in [0.2, 0.25) is 10.0 Å². The molecule has 0 spiro atoms. The zero-order valence-corrected chi connectivity index (χ0v) is 12.6. The average molecular weight is 360 g/mol. The summed E-state index contributed by atoms with van der Waals surface area (Å²) in [6.45, 7) is 0.0384. The van der Waals surface area contributed by atoms with Crippen molar-refractivity contribution in [3.05, 3.63) is 52.5 Å². The molecule has 0 aliphatic rings. The Balaban J connectivity index is 2.27. The van der Waals surface area contributed by atoms with E-state index in [1.807, 2.05) is 0 Å². The molecule has 0 atom stereocenters. The molecule has 8 heteroatoms. The number of nitrogens with two attached hydrogens (primary N) is 1. The Morgan fingerprint density at radius 3 is 2.60 bits per heavy atom. The fourth-order valence-corrected chi connectivity index (χ4v) is 3.29. The van der Waals surface area contributed by atoms with E-state index in [0.717, 1.165) is 6.07 Å². The molecule has 0 unspecified atom stereocenters. The second-order valence-electron chi connectivity index (χ2n) is 3.99. The highest BCUT2D eigenvalue weighted by Gasteiger charge is 2.21. The normalized spacial score (nSPS) is 11.5. The van der Waals surface area contributed by atoms with Crippen LogP contribution in [0.4, 0.5) is 10.1 Å². The fraction of sp³-hybridized carbons (Fsp3) is 0.0833. The van der Waals surface area contributed by atoms with Gasteiger partial charge in [-0.05, 0) is 45.8 Å². The van der Waals surface area contributed by atoms with Crippen LogP contribution in [0.25, 0.3) is 0 Å². The minimum Gasteiger partial charge on any atom is -0.399 e. The molecule has 0 aliphatic heterocycles. The summed E-state index contributed by atoms with van der Waals surface area (Å²) < 4.78 is 40.4. The van der Waals surface area contributed by atoms with E-state index in [4.69, 9.17) is 5.73 Å². The maximum Gasteiger partial charge on any atom is 0.243 e. The first kappa shape index (κ1) is 14.9. The molecule has 0 bridgehead atoms. The van der Waals surface area contributed by atoms with Crippen molar-refractivity contribution < 1.29 is 12.8 Å². The van der Waals surface area contributed by atoms with Crippen LogP contribution in [0.5, 0.6) is 0 Å². The van der Waals surface area contributed by atoms with E-state index in [9.17, 15) is 12.8 Å². The van der Waals surface area contributed by atoms with Crippen LogP contribution >= 0.6 is 15.9 Å². The summed E-state index contributed by atoms with van der Waals surface area (Å²) >= 11 is 2.93. The summed E-state index contributed by atoms with van der Waals surface area (Å²) in [4.78, 5) is 3.34. The first-order valence-corrected chi connectivity index (χ1v) is 7.81. The summed E-state index contributed by atoms with van der Waals surface area (Å²) in [5, 5.41) is 0. The third-order valence-corrected chi connectivity index (χ3v) is 4.50. The maximum atomic E-state index is 13.9. The second kappa shape index (κ2) is 5.86. The predicted molar refractivity (Wildman–Crippen MR) is 76.8 cm³/mol. The lowest BCUT2D eigenvalue weighted by Gasteiger charge is -2.09. The molecule has 2 rings (SSSR count). The smallest absolute Gasteiger partial charge is 0.243 e. The van der Waals surface area contributed by atoms with Crippen molar-refractivity contribution in [2.45, 2.75) is 11.4 Å². The van der Waals surface area contributed by atoms with Crippen LogP contribution in [0.1, 0.15) is 5.56 Å². The Bertz CT molecular complexity index is 723. The lowest BCUT2D eigenvalue weighted by Crippen LogP contribution is -2.24. The molecule has 1 heterocycles. The average Bonchev–Trinajstić information content (AvgIpc) is 2.42. The van der Waals surface area contributed by atoms with Crippen LogP contribution in [0.3, 0.4) is 0 Å². The predicted octanol–water partition coefficient (Wildman–Crippen LogP) is 2.04. The first-order chi connectivity index (χ1) is 9.40. The number of hydrogen-bond acceptors (Lipinski definition) is 4. The molecule has 0 fully saturated rings. The van der Waals surface area contributed by atoms with Crippen LogP contribution < -0.4 is 10.5 Å². The van der Waals surface area contributed by atoms with E-state index < -0.39 is 20.7 Å². The van der Waals surface area contributed by atoms with Gasteiger partial charge in [-0.3, -0.25) is 4.98 Å². The van der Waals surface area contributed by atoms with Crippen LogP contribution in [-0.4, -0.2) is 13.4 Å². The minimum atomic E-state index is -3.99. The van der Waals surface area contributed by atoms with E-state index in [-0.39, 0.29) is 16.7 Å². The van der Waals surface area contributed by atoms with Gasteiger partial charge in [-0.2, -0.15) is 0 Å². The quantitative estimate of drug-likeness (QED) is 0.818. The SMILES string of the molecule is Nc1cc(Br)c(F)c(S(=O)(=O)NCc2ccncc2)c1. The van der Waals surface area contributed by atoms with Gasteiger partial charge in [-0.25, -0.2) is 17.5 Å². The molecule has 5 nitrogen and oxygen atoms in total. The van der Waals surface area contributed by atoms with Crippen LogP contribution in [-0.2, 0) is 16.6 Å². The molecule has 0 saturated carbocycles. The molecule has 2 aromatic rings. The van der Waals surface area contributed by atoms with Gasteiger partial charge in [-0.15, -0.1) is 0 Å². The van der Waals surface area contributed by atoms with Crippen molar-refractivity contribution in [1.82, 2.24) is 9.71 Å². The lowest BCUT2D eigenvalue weighted by atomic mass is 10.3. The van der Waals surface area contributed by atoms with Gasteiger partial charge in [-0.1, -0.05) is 0 Å². The molecule has 3 N–H and O–H groups in total. The highest BCUT2D eigenvalue weighted by molar-refractivity contribution is 9.10. The zero-order chi connectivity index (χ0) is 14.8. The highest BCUT2D eigenvalue weighted by atomic mass is 79.9. The summed E-state index contributed by atoms with van der Waals surface area (Å²) in [5.41, 5.74) is 6.41. The number of halogens is 2. The Hall–Kier alpha value is -1.51. The third kappa shape index (κ3) is 3.33. The van der Waals surface area contributed by atoms with E-state index in [2.05, 4.69) is 25.6 Å². The maximum absolute atomic E-state index is 13.9. The Morgan fingerprint density at radius 1 is 1.30 bits per heavy atom. The van der Waals surface area contributed by atoms with Crippen molar-refractivity contribution >= 4 is 31.6 Å². The number of benzene rings is 1. The number of hydrogen-bond donors (Lipinski definition) is 2.